The normalized spacial score (nSPS) is 14.2. The van der Waals surface area contributed by atoms with E-state index in [1.807, 2.05) is 88.6 Å². The van der Waals surface area contributed by atoms with Crippen LogP contribution in [0, 0.1) is 0 Å². The van der Waals surface area contributed by atoms with Gasteiger partial charge in [0.15, 0.2) is 0 Å². The number of ether oxygens (including phenoxy) is 1. The van der Waals surface area contributed by atoms with Gasteiger partial charge in [-0.25, -0.2) is 0 Å². The van der Waals surface area contributed by atoms with Crippen LogP contribution in [0.2, 0.25) is 0 Å². The molecule has 1 N–H and O–H groups in total. The first-order valence-electron chi connectivity index (χ1n) is 11.2. The second-order valence-corrected chi connectivity index (χ2v) is 8.03. The van der Waals surface area contributed by atoms with Gasteiger partial charge < -0.3 is 19.5 Å². The van der Waals surface area contributed by atoms with Crippen LogP contribution in [0.4, 0.5) is 0 Å². The zero-order valence-corrected chi connectivity index (χ0v) is 18.2. The average molecular weight is 432 g/mol. The number of piperidine rings is 1. The maximum atomic E-state index is 12.6. The molecule has 0 radical (unpaired) electrons. The lowest BCUT2D eigenvalue weighted by atomic mass is 10.0. The third kappa shape index (κ3) is 5.78. The van der Waals surface area contributed by atoms with Crippen molar-refractivity contribution in [2.24, 2.45) is 0 Å². The Kier molecular flexibility index (Phi) is 7.23. The van der Waals surface area contributed by atoms with E-state index in [1.54, 1.807) is 0 Å². The minimum atomic E-state index is -0.0631. The molecule has 1 fully saturated rings. The monoisotopic (exact) mass is 431 g/mol. The van der Waals surface area contributed by atoms with E-state index in [0.717, 1.165) is 24.3 Å². The van der Waals surface area contributed by atoms with E-state index in [4.69, 9.17) is 4.74 Å². The molecule has 32 heavy (non-hydrogen) atoms. The zero-order valence-electron chi connectivity index (χ0n) is 18.2. The number of para-hydroxylation sites is 1. The van der Waals surface area contributed by atoms with Crippen molar-refractivity contribution in [2.75, 3.05) is 19.7 Å². The molecular formula is C26H29N3O3. The summed E-state index contributed by atoms with van der Waals surface area (Å²) < 4.78 is 7.66. The number of amides is 2. The van der Waals surface area contributed by atoms with Crippen LogP contribution < -0.4 is 10.1 Å². The first-order chi connectivity index (χ1) is 15.7. The first-order valence-corrected chi connectivity index (χ1v) is 11.2. The van der Waals surface area contributed by atoms with Crippen molar-refractivity contribution in [3.8, 4) is 11.4 Å². The Hall–Kier alpha value is -3.54. The lowest BCUT2D eigenvalue weighted by Gasteiger charge is -2.32. The Morgan fingerprint density at radius 1 is 0.906 bits per heavy atom. The van der Waals surface area contributed by atoms with E-state index < -0.39 is 0 Å². The highest BCUT2D eigenvalue weighted by atomic mass is 16.5. The predicted molar refractivity (Wildman–Crippen MR) is 124 cm³/mol. The van der Waals surface area contributed by atoms with Gasteiger partial charge in [0.25, 0.3) is 5.91 Å². The number of hydrogen-bond acceptors (Lipinski definition) is 3. The number of benzene rings is 2. The van der Waals surface area contributed by atoms with Crippen molar-refractivity contribution >= 4 is 11.8 Å². The SMILES string of the molecule is O=C(NC1CCN(C(=O)CCCOc2ccccc2)CC1)c1ccc(-n2cccc2)cc1. The van der Waals surface area contributed by atoms with E-state index in [0.29, 0.717) is 38.1 Å². The van der Waals surface area contributed by atoms with Gasteiger partial charge in [0.2, 0.25) is 5.91 Å². The van der Waals surface area contributed by atoms with Crippen molar-refractivity contribution in [1.29, 1.82) is 0 Å². The van der Waals surface area contributed by atoms with E-state index >= 15 is 0 Å². The molecule has 2 amide bonds. The molecule has 2 heterocycles. The standard InChI is InChI=1S/C26H29N3O3/c30-25(9-6-20-32-24-7-2-1-3-8-24)29-18-14-22(15-19-29)27-26(31)21-10-12-23(13-11-21)28-16-4-5-17-28/h1-5,7-8,10-13,16-17,22H,6,9,14-15,18-20H2,(H,27,31). The number of carbonyl (C=O) groups excluding carboxylic acids is 2. The van der Waals surface area contributed by atoms with E-state index in [1.165, 1.54) is 0 Å². The number of rotatable bonds is 8. The van der Waals surface area contributed by atoms with Crippen molar-refractivity contribution in [3.63, 3.8) is 0 Å². The van der Waals surface area contributed by atoms with E-state index in [-0.39, 0.29) is 17.9 Å². The number of nitrogens with one attached hydrogen (secondary N) is 1. The Morgan fingerprint density at radius 2 is 1.59 bits per heavy atom. The lowest BCUT2D eigenvalue weighted by Crippen LogP contribution is -2.46. The van der Waals surface area contributed by atoms with Crippen LogP contribution in [-0.4, -0.2) is 47.0 Å². The van der Waals surface area contributed by atoms with Gasteiger partial charge in [0, 0.05) is 49.2 Å². The van der Waals surface area contributed by atoms with Crippen molar-refractivity contribution in [2.45, 2.75) is 31.7 Å². The number of carbonyl (C=O) groups is 2. The molecule has 0 atom stereocenters. The lowest BCUT2D eigenvalue weighted by molar-refractivity contribution is -0.132. The van der Waals surface area contributed by atoms with Crippen LogP contribution in [0.1, 0.15) is 36.0 Å². The van der Waals surface area contributed by atoms with Crippen LogP contribution >= 0.6 is 0 Å². The summed E-state index contributed by atoms with van der Waals surface area (Å²) in [6, 6.07) is 21.3. The fourth-order valence-electron chi connectivity index (χ4n) is 3.92. The molecule has 0 bridgehead atoms. The fraction of sp³-hybridized carbons (Fsp3) is 0.308. The minimum Gasteiger partial charge on any atom is -0.494 e. The van der Waals surface area contributed by atoms with Gasteiger partial charge >= 0.3 is 0 Å². The van der Waals surface area contributed by atoms with Gasteiger partial charge in [-0.05, 0) is 67.8 Å². The highest BCUT2D eigenvalue weighted by Gasteiger charge is 2.24. The zero-order chi connectivity index (χ0) is 22.2. The van der Waals surface area contributed by atoms with Crippen LogP contribution in [0.5, 0.6) is 5.75 Å². The maximum Gasteiger partial charge on any atom is 0.251 e. The third-order valence-electron chi connectivity index (χ3n) is 5.76. The summed E-state index contributed by atoms with van der Waals surface area (Å²) in [6.07, 6.45) is 6.68. The van der Waals surface area contributed by atoms with Crippen LogP contribution in [0.15, 0.2) is 79.1 Å². The number of hydrogen-bond donors (Lipinski definition) is 1. The molecule has 6 nitrogen and oxygen atoms in total. The third-order valence-corrected chi connectivity index (χ3v) is 5.76. The Bertz CT molecular complexity index is 993. The summed E-state index contributed by atoms with van der Waals surface area (Å²) in [5, 5.41) is 3.12. The summed E-state index contributed by atoms with van der Waals surface area (Å²) in [6.45, 7) is 1.89. The molecule has 1 aromatic heterocycles. The molecule has 1 aliphatic heterocycles. The Morgan fingerprint density at radius 3 is 2.28 bits per heavy atom. The van der Waals surface area contributed by atoms with Crippen molar-refractivity contribution in [1.82, 2.24) is 14.8 Å². The van der Waals surface area contributed by atoms with Crippen LogP contribution in [-0.2, 0) is 4.79 Å². The van der Waals surface area contributed by atoms with E-state index in [9.17, 15) is 9.59 Å². The number of likely N-dealkylation sites (tertiary alicyclic amines) is 1. The maximum absolute atomic E-state index is 12.6. The van der Waals surface area contributed by atoms with Crippen molar-refractivity contribution in [3.05, 3.63) is 84.7 Å². The largest absolute Gasteiger partial charge is 0.494 e. The first kappa shape index (κ1) is 21.7. The minimum absolute atomic E-state index is 0.0631. The van der Waals surface area contributed by atoms with Crippen molar-refractivity contribution < 1.29 is 14.3 Å². The molecule has 4 rings (SSSR count). The molecule has 3 aromatic rings. The van der Waals surface area contributed by atoms with E-state index in [2.05, 4.69) is 5.32 Å². The molecule has 0 spiro atoms. The predicted octanol–water partition coefficient (Wildman–Crippen LogP) is 4.06. The molecular weight excluding hydrogens is 402 g/mol. The second-order valence-electron chi connectivity index (χ2n) is 8.03. The van der Waals surface area contributed by atoms with Gasteiger partial charge in [-0.3, -0.25) is 9.59 Å². The Labute approximate surface area is 188 Å². The molecule has 0 unspecified atom stereocenters. The molecule has 0 aliphatic carbocycles. The summed E-state index contributed by atoms with van der Waals surface area (Å²) in [4.78, 5) is 27.0. The second kappa shape index (κ2) is 10.7. The highest BCUT2D eigenvalue weighted by Crippen LogP contribution is 2.15. The molecule has 166 valence electrons. The molecule has 1 aliphatic rings. The van der Waals surface area contributed by atoms with Gasteiger partial charge in [-0.15, -0.1) is 0 Å². The smallest absolute Gasteiger partial charge is 0.251 e. The number of aromatic nitrogens is 1. The summed E-state index contributed by atoms with van der Waals surface area (Å²) in [5.74, 6) is 0.926. The highest BCUT2D eigenvalue weighted by molar-refractivity contribution is 5.94. The fourth-order valence-corrected chi connectivity index (χ4v) is 3.92. The summed E-state index contributed by atoms with van der Waals surface area (Å²) >= 11 is 0. The molecule has 1 saturated heterocycles. The average Bonchev–Trinajstić information content (AvgIpc) is 3.38. The van der Waals surface area contributed by atoms with Gasteiger partial charge in [0.05, 0.1) is 6.61 Å². The summed E-state index contributed by atoms with van der Waals surface area (Å²) in [5.41, 5.74) is 1.67. The molecule has 2 aromatic carbocycles. The quantitative estimate of drug-likeness (QED) is 0.547. The van der Waals surface area contributed by atoms with Gasteiger partial charge in [-0.2, -0.15) is 0 Å². The van der Waals surface area contributed by atoms with Gasteiger partial charge in [0.1, 0.15) is 5.75 Å². The molecule has 0 saturated carbocycles. The Balaban J connectivity index is 1.16. The van der Waals surface area contributed by atoms with Crippen LogP contribution in [0.25, 0.3) is 5.69 Å². The van der Waals surface area contributed by atoms with Gasteiger partial charge in [-0.1, -0.05) is 18.2 Å². The topological polar surface area (TPSA) is 63.6 Å². The number of nitrogens with zero attached hydrogens (tertiary/aromatic N) is 2. The summed E-state index contributed by atoms with van der Waals surface area (Å²) in [7, 11) is 0. The van der Waals surface area contributed by atoms with Crippen LogP contribution in [0.3, 0.4) is 0 Å². The molecule has 6 heteroatoms.